The second-order valence-electron chi connectivity index (χ2n) is 8.22. The monoisotopic (exact) mass is 485 g/mol. The summed E-state index contributed by atoms with van der Waals surface area (Å²) in [4.78, 5) is 31.1. The number of nitrogens with one attached hydrogen (secondary N) is 2. The van der Waals surface area contributed by atoms with Crippen molar-refractivity contribution in [1.29, 1.82) is 5.26 Å². The first-order valence-electron chi connectivity index (χ1n) is 11.2. The van der Waals surface area contributed by atoms with E-state index in [1.54, 1.807) is 19.4 Å². The number of rotatable bonds is 6. The van der Waals surface area contributed by atoms with Gasteiger partial charge in [-0.25, -0.2) is 9.97 Å². The van der Waals surface area contributed by atoms with Crippen LogP contribution in [0, 0.1) is 18.3 Å². The molecule has 10 heteroatoms. The summed E-state index contributed by atoms with van der Waals surface area (Å²) in [5, 5.41) is 12.9. The van der Waals surface area contributed by atoms with Gasteiger partial charge in [-0.1, -0.05) is 41.2 Å². The van der Waals surface area contributed by atoms with E-state index >= 15 is 0 Å². The van der Waals surface area contributed by atoms with E-state index < -0.39 is 0 Å². The Morgan fingerprint density at radius 1 is 1.23 bits per heavy atom. The minimum atomic E-state index is -0.203. The normalized spacial score (nSPS) is 15.1. The van der Waals surface area contributed by atoms with Gasteiger partial charge in [0.2, 0.25) is 11.5 Å². The fourth-order valence-electron chi connectivity index (χ4n) is 4.22. The Bertz CT molecular complexity index is 1440. The SMILES string of the molecule is COc1c(Nc2ncc(C#N)s2)nc(N2CCC[C@H]2c2ccc(C)cc2)nc1-c1ccc(=O)[nH]c1. The van der Waals surface area contributed by atoms with E-state index in [1.807, 2.05) is 0 Å². The standard InChI is InChI=1S/C25H23N7O2S/c1-15-5-7-16(8-6-15)19-4-3-11-32(19)24-29-21(17-9-10-20(33)27-13-17)22(34-2)23(30-24)31-25-28-14-18(12-26)35-25/h5-10,13-14,19H,3-4,11H2,1-2H3,(H,27,33)(H,28,29,30,31)/t19-/m0/s1. The van der Waals surface area contributed by atoms with E-state index in [0.717, 1.165) is 19.4 Å². The van der Waals surface area contributed by atoms with E-state index in [-0.39, 0.29) is 11.6 Å². The summed E-state index contributed by atoms with van der Waals surface area (Å²) in [5.74, 6) is 1.40. The number of nitriles is 1. The number of aromatic nitrogens is 4. The molecular weight excluding hydrogens is 462 g/mol. The first-order valence-corrected chi connectivity index (χ1v) is 12.0. The number of thiazole rings is 1. The summed E-state index contributed by atoms with van der Waals surface area (Å²) in [6, 6.07) is 14.0. The van der Waals surface area contributed by atoms with Crippen molar-refractivity contribution in [1.82, 2.24) is 19.9 Å². The Kier molecular flexibility index (Phi) is 6.16. The molecule has 1 aliphatic rings. The third kappa shape index (κ3) is 4.58. The molecule has 2 N–H and O–H groups in total. The summed E-state index contributed by atoms with van der Waals surface area (Å²) in [7, 11) is 1.55. The average molecular weight is 486 g/mol. The Morgan fingerprint density at radius 2 is 2.06 bits per heavy atom. The Labute approximate surface area is 206 Å². The number of H-pyrrole nitrogens is 1. The highest BCUT2D eigenvalue weighted by Gasteiger charge is 2.30. The van der Waals surface area contributed by atoms with Crippen molar-refractivity contribution < 1.29 is 4.74 Å². The third-order valence-electron chi connectivity index (χ3n) is 5.93. The molecule has 1 atom stereocenters. The first-order chi connectivity index (χ1) is 17.1. The van der Waals surface area contributed by atoms with Gasteiger partial charge in [-0.2, -0.15) is 10.2 Å². The van der Waals surface area contributed by atoms with E-state index in [1.165, 1.54) is 34.7 Å². The van der Waals surface area contributed by atoms with Crippen LogP contribution in [0.15, 0.2) is 53.6 Å². The van der Waals surface area contributed by atoms with Crippen molar-refractivity contribution in [2.45, 2.75) is 25.8 Å². The largest absolute Gasteiger partial charge is 0.491 e. The summed E-state index contributed by atoms with van der Waals surface area (Å²) in [5.41, 5.74) is 3.46. The molecule has 0 bridgehead atoms. The van der Waals surface area contributed by atoms with E-state index in [9.17, 15) is 10.1 Å². The van der Waals surface area contributed by atoms with Gasteiger partial charge in [0, 0.05) is 24.4 Å². The molecule has 1 fully saturated rings. The maximum Gasteiger partial charge on any atom is 0.247 e. The molecule has 4 aromatic rings. The number of benzene rings is 1. The van der Waals surface area contributed by atoms with Crippen LogP contribution in [-0.4, -0.2) is 33.6 Å². The summed E-state index contributed by atoms with van der Waals surface area (Å²) < 4.78 is 5.72. The van der Waals surface area contributed by atoms with E-state index in [0.29, 0.717) is 38.8 Å². The fourth-order valence-corrected chi connectivity index (χ4v) is 4.84. The number of anilines is 3. The van der Waals surface area contributed by atoms with Gasteiger partial charge in [-0.05, 0) is 31.4 Å². The zero-order valence-corrected chi connectivity index (χ0v) is 20.1. The minimum absolute atomic E-state index is 0.144. The molecule has 0 saturated carbocycles. The van der Waals surface area contributed by atoms with Crippen LogP contribution in [0.5, 0.6) is 5.75 Å². The van der Waals surface area contributed by atoms with Crippen LogP contribution in [-0.2, 0) is 0 Å². The molecule has 3 aromatic heterocycles. The molecular formula is C25H23N7O2S. The van der Waals surface area contributed by atoms with Crippen molar-refractivity contribution in [2.24, 2.45) is 0 Å². The van der Waals surface area contributed by atoms with Gasteiger partial charge in [0.15, 0.2) is 16.7 Å². The minimum Gasteiger partial charge on any atom is -0.491 e. The number of nitrogens with zero attached hydrogens (tertiary/aromatic N) is 5. The van der Waals surface area contributed by atoms with E-state index in [4.69, 9.17) is 14.7 Å². The number of methoxy groups -OCH3 is 1. The topological polar surface area (TPSA) is 120 Å². The predicted octanol–water partition coefficient (Wildman–Crippen LogP) is 4.56. The van der Waals surface area contributed by atoms with Crippen LogP contribution >= 0.6 is 11.3 Å². The Balaban J connectivity index is 1.63. The molecule has 35 heavy (non-hydrogen) atoms. The summed E-state index contributed by atoms with van der Waals surface area (Å²) in [6.07, 6.45) is 5.13. The molecule has 4 heterocycles. The average Bonchev–Trinajstić information content (AvgIpc) is 3.54. The number of pyridine rings is 1. The van der Waals surface area contributed by atoms with Gasteiger partial charge < -0.3 is 19.9 Å². The van der Waals surface area contributed by atoms with Crippen molar-refractivity contribution in [3.63, 3.8) is 0 Å². The molecule has 1 aromatic carbocycles. The number of ether oxygens (including phenoxy) is 1. The molecule has 0 aliphatic carbocycles. The second-order valence-corrected chi connectivity index (χ2v) is 9.25. The van der Waals surface area contributed by atoms with Crippen LogP contribution in [0.4, 0.5) is 16.9 Å². The third-order valence-corrected chi connectivity index (χ3v) is 6.75. The lowest BCUT2D eigenvalue weighted by Crippen LogP contribution is -2.25. The maximum atomic E-state index is 11.7. The van der Waals surface area contributed by atoms with Crippen LogP contribution in [0.3, 0.4) is 0 Å². The number of aryl methyl sites for hydroxylation is 1. The van der Waals surface area contributed by atoms with Gasteiger partial charge in [-0.3, -0.25) is 4.79 Å². The smallest absolute Gasteiger partial charge is 0.247 e. The lowest BCUT2D eigenvalue weighted by Gasteiger charge is -2.26. The summed E-state index contributed by atoms with van der Waals surface area (Å²) in [6.45, 7) is 2.89. The quantitative estimate of drug-likeness (QED) is 0.408. The molecule has 1 saturated heterocycles. The van der Waals surface area contributed by atoms with Gasteiger partial charge >= 0.3 is 0 Å². The highest BCUT2D eigenvalue weighted by Crippen LogP contribution is 2.41. The van der Waals surface area contributed by atoms with Crippen molar-refractivity contribution in [3.05, 3.63) is 75.1 Å². The molecule has 0 amide bonds. The highest BCUT2D eigenvalue weighted by molar-refractivity contribution is 7.16. The lowest BCUT2D eigenvalue weighted by molar-refractivity contribution is 0.415. The molecule has 0 spiro atoms. The molecule has 0 unspecified atom stereocenters. The molecule has 1 aliphatic heterocycles. The van der Waals surface area contributed by atoms with Crippen LogP contribution in [0.1, 0.15) is 34.9 Å². The van der Waals surface area contributed by atoms with Gasteiger partial charge in [0.05, 0.1) is 19.3 Å². The zero-order chi connectivity index (χ0) is 24.4. The lowest BCUT2D eigenvalue weighted by atomic mass is 10.0. The number of hydrogen-bond donors (Lipinski definition) is 2. The van der Waals surface area contributed by atoms with Crippen molar-refractivity contribution in [3.8, 4) is 23.1 Å². The van der Waals surface area contributed by atoms with Gasteiger partial charge in [0.1, 0.15) is 16.6 Å². The van der Waals surface area contributed by atoms with Crippen molar-refractivity contribution >= 4 is 28.2 Å². The number of hydrogen-bond acceptors (Lipinski definition) is 9. The highest BCUT2D eigenvalue weighted by atomic mass is 32.1. The van der Waals surface area contributed by atoms with E-state index in [2.05, 4.69) is 57.4 Å². The summed E-state index contributed by atoms with van der Waals surface area (Å²) >= 11 is 1.23. The second kappa shape index (κ2) is 9.56. The first kappa shape index (κ1) is 22.6. The molecule has 176 valence electrons. The maximum absolute atomic E-state index is 11.7. The van der Waals surface area contributed by atoms with Crippen LogP contribution < -0.4 is 20.5 Å². The number of aromatic amines is 1. The molecule has 5 rings (SSSR count). The van der Waals surface area contributed by atoms with Gasteiger partial charge in [0.25, 0.3) is 0 Å². The van der Waals surface area contributed by atoms with Crippen molar-refractivity contribution in [2.75, 3.05) is 23.9 Å². The molecule has 0 radical (unpaired) electrons. The molecule has 9 nitrogen and oxygen atoms in total. The fraction of sp³-hybridized carbons (Fsp3) is 0.240. The van der Waals surface area contributed by atoms with Gasteiger partial charge in [-0.15, -0.1) is 0 Å². The predicted molar refractivity (Wildman–Crippen MR) is 135 cm³/mol. The zero-order valence-electron chi connectivity index (χ0n) is 19.3. The van der Waals surface area contributed by atoms with Crippen LogP contribution in [0.25, 0.3) is 11.3 Å². The van der Waals surface area contributed by atoms with Crippen LogP contribution in [0.2, 0.25) is 0 Å². The Hall–Kier alpha value is -4.23. The Morgan fingerprint density at radius 3 is 2.74 bits per heavy atom.